The molecule has 5 aromatic carbocycles. The predicted octanol–water partition coefficient (Wildman–Crippen LogP) is 7.81. The second-order valence-corrected chi connectivity index (χ2v) is 12.2. The topological polar surface area (TPSA) is 193 Å². The van der Waals surface area contributed by atoms with E-state index in [1.54, 1.807) is 12.1 Å². The second kappa shape index (κ2) is 12.3. The summed E-state index contributed by atoms with van der Waals surface area (Å²) in [5, 5.41) is 17.1. The van der Waals surface area contributed by atoms with Crippen LogP contribution in [-0.4, -0.2) is 32.5 Å². The molecule has 5 aromatic rings. The molecule has 224 valence electrons. The summed E-state index contributed by atoms with van der Waals surface area (Å²) in [5.74, 6) is 0.768. The Balaban J connectivity index is 1.37. The van der Waals surface area contributed by atoms with Gasteiger partial charge in [0.05, 0.1) is 34.3 Å². The van der Waals surface area contributed by atoms with Gasteiger partial charge in [0, 0.05) is 5.39 Å². The normalized spacial score (nSPS) is 12.3. The van der Waals surface area contributed by atoms with Crippen LogP contribution in [0.5, 0.6) is 5.75 Å². The Morgan fingerprint density at radius 2 is 1.16 bits per heavy atom. The van der Waals surface area contributed by atoms with Crippen molar-refractivity contribution in [3.8, 4) is 16.9 Å². The zero-order valence-corrected chi connectivity index (χ0v) is 24.7. The van der Waals surface area contributed by atoms with E-state index in [4.69, 9.17) is 10.5 Å². The van der Waals surface area contributed by atoms with E-state index in [1.807, 2.05) is 67.6 Å². The van der Waals surface area contributed by atoms with Crippen LogP contribution in [0.4, 0.5) is 28.4 Å². The zero-order chi connectivity index (χ0) is 31.5. The first-order valence-corrected chi connectivity index (χ1v) is 15.9. The molecule has 0 fully saturated rings. The summed E-state index contributed by atoms with van der Waals surface area (Å²) in [6, 6.07) is 26.3. The first-order chi connectivity index (χ1) is 20.9. The van der Waals surface area contributed by atoms with Crippen molar-refractivity contribution in [1.82, 2.24) is 0 Å². The summed E-state index contributed by atoms with van der Waals surface area (Å²) in [7, 11) is -9.37. The van der Waals surface area contributed by atoms with Crippen LogP contribution in [0.25, 0.3) is 21.9 Å². The van der Waals surface area contributed by atoms with E-state index in [-0.39, 0.29) is 22.1 Å². The molecule has 0 unspecified atom stereocenters. The Bertz CT molecular complexity index is 2120. The molecule has 0 bridgehead atoms. The van der Waals surface area contributed by atoms with Crippen molar-refractivity contribution in [3.63, 3.8) is 0 Å². The molecule has 0 spiro atoms. The summed E-state index contributed by atoms with van der Waals surface area (Å²) >= 11 is 0. The Morgan fingerprint density at radius 3 is 1.64 bits per heavy atom. The van der Waals surface area contributed by atoms with E-state index in [1.165, 1.54) is 6.07 Å². The van der Waals surface area contributed by atoms with Crippen LogP contribution in [-0.2, 0) is 20.2 Å². The number of nitrogens with two attached hydrogens (primary N) is 1. The average molecular weight is 632 g/mol. The lowest BCUT2D eigenvalue weighted by atomic mass is 10.1. The van der Waals surface area contributed by atoms with Crippen molar-refractivity contribution in [2.75, 3.05) is 12.3 Å². The third-order valence-electron chi connectivity index (χ3n) is 6.42. The average Bonchev–Trinajstić information content (AvgIpc) is 2.99. The Kier molecular flexibility index (Phi) is 8.51. The summed E-state index contributed by atoms with van der Waals surface area (Å²) < 4.78 is 71.6. The van der Waals surface area contributed by atoms with Gasteiger partial charge < -0.3 is 10.5 Å². The maximum atomic E-state index is 12.0. The Hall–Kier alpha value is -5.02. The van der Waals surface area contributed by atoms with Crippen molar-refractivity contribution in [2.45, 2.75) is 16.7 Å². The Morgan fingerprint density at radius 1 is 0.659 bits per heavy atom. The number of hydrogen-bond donors (Lipinski definition) is 3. The molecule has 0 aliphatic heterocycles. The van der Waals surface area contributed by atoms with Crippen LogP contribution in [0.3, 0.4) is 0 Å². The van der Waals surface area contributed by atoms with E-state index >= 15 is 0 Å². The van der Waals surface area contributed by atoms with E-state index in [9.17, 15) is 25.9 Å². The number of nitrogen functional groups attached to an aromatic ring is 1. The fourth-order valence-electron chi connectivity index (χ4n) is 4.28. The predicted molar refractivity (Wildman–Crippen MR) is 166 cm³/mol. The molecule has 5 rings (SSSR count). The second-order valence-electron chi connectivity index (χ2n) is 9.39. The number of fused-ring (bicyclic) bond motifs is 1. The molecular formula is C30H25N5O7S2. The van der Waals surface area contributed by atoms with Gasteiger partial charge in [0.1, 0.15) is 16.3 Å². The zero-order valence-electron chi connectivity index (χ0n) is 23.1. The van der Waals surface area contributed by atoms with E-state index < -0.39 is 30.0 Å². The van der Waals surface area contributed by atoms with Gasteiger partial charge in [-0.05, 0) is 90.2 Å². The summed E-state index contributed by atoms with van der Waals surface area (Å²) in [4.78, 5) is -1.15. The van der Waals surface area contributed by atoms with Crippen LogP contribution in [0, 0.1) is 0 Å². The molecule has 0 aromatic heterocycles. The maximum Gasteiger partial charge on any atom is 0.296 e. The maximum absolute atomic E-state index is 12.0. The van der Waals surface area contributed by atoms with Crippen LogP contribution in [0.1, 0.15) is 6.92 Å². The lowest BCUT2D eigenvalue weighted by molar-refractivity contribution is 0.340. The molecule has 0 amide bonds. The van der Waals surface area contributed by atoms with Crippen LogP contribution >= 0.6 is 0 Å². The van der Waals surface area contributed by atoms with Gasteiger partial charge in [-0.3, -0.25) is 9.11 Å². The molecular weight excluding hydrogens is 606 g/mol. The minimum Gasteiger partial charge on any atom is -0.494 e. The molecule has 14 heteroatoms. The standard InChI is InChI=1S/C30H25N5O7S2/c1-2-42-25-13-11-24(12-14-25)33-32-22-7-3-19(4-8-22)20-5-9-23(10-6-20)34-35-30-27-16-15-26(43(36,37)38)17-21(27)18-28(29(30)31)44(39,40)41/h3-18H,2,31H2,1H3,(H,36,37,38)(H,39,40,41). The number of rotatable bonds is 9. The van der Waals surface area contributed by atoms with Gasteiger partial charge in [-0.2, -0.15) is 32.2 Å². The van der Waals surface area contributed by atoms with Gasteiger partial charge in [-0.15, -0.1) is 5.11 Å². The molecule has 44 heavy (non-hydrogen) atoms. The lowest BCUT2D eigenvalue weighted by Gasteiger charge is -2.10. The molecule has 0 saturated heterocycles. The monoisotopic (exact) mass is 631 g/mol. The van der Waals surface area contributed by atoms with Crippen molar-refractivity contribution in [2.24, 2.45) is 20.5 Å². The number of nitrogens with zero attached hydrogens (tertiary/aromatic N) is 4. The van der Waals surface area contributed by atoms with Crippen LogP contribution < -0.4 is 10.5 Å². The first kappa shape index (κ1) is 30.4. The fourth-order valence-corrected chi connectivity index (χ4v) is 5.44. The van der Waals surface area contributed by atoms with Gasteiger partial charge in [-0.1, -0.05) is 30.3 Å². The number of azo groups is 2. The largest absolute Gasteiger partial charge is 0.494 e. The first-order valence-electron chi connectivity index (χ1n) is 13.0. The quantitative estimate of drug-likeness (QED) is 0.0832. The summed E-state index contributed by atoms with van der Waals surface area (Å²) in [6.07, 6.45) is 0. The minimum atomic E-state index is -4.80. The highest BCUT2D eigenvalue weighted by Crippen LogP contribution is 2.39. The van der Waals surface area contributed by atoms with Crippen LogP contribution in [0.15, 0.2) is 127 Å². The van der Waals surface area contributed by atoms with Gasteiger partial charge >= 0.3 is 0 Å². The molecule has 4 N–H and O–H groups in total. The van der Waals surface area contributed by atoms with E-state index in [0.29, 0.717) is 23.7 Å². The third-order valence-corrected chi connectivity index (χ3v) is 8.17. The van der Waals surface area contributed by atoms with E-state index in [2.05, 4.69) is 20.5 Å². The van der Waals surface area contributed by atoms with Gasteiger partial charge in [0.2, 0.25) is 0 Å². The Labute approximate surface area is 253 Å². The summed E-state index contributed by atoms with van der Waals surface area (Å²) in [5.41, 5.74) is 9.14. The fraction of sp³-hybridized carbons (Fsp3) is 0.0667. The smallest absolute Gasteiger partial charge is 0.296 e. The number of ether oxygens (including phenoxy) is 1. The SMILES string of the molecule is CCOc1ccc(N=Nc2ccc(-c3ccc(N=Nc4c(N)c(S(=O)(=O)O)cc5cc(S(=O)(=O)O)ccc45)cc3)cc2)cc1. The highest BCUT2D eigenvalue weighted by atomic mass is 32.2. The van der Waals surface area contributed by atoms with Crippen molar-refractivity contribution in [1.29, 1.82) is 0 Å². The number of hydrogen-bond acceptors (Lipinski definition) is 10. The van der Waals surface area contributed by atoms with Gasteiger partial charge in [0.15, 0.2) is 0 Å². The number of benzene rings is 5. The molecule has 0 aliphatic carbocycles. The third kappa shape index (κ3) is 6.95. The molecule has 0 aliphatic rings. The molecule has 0 heterocycles. The van der Waals surface area contributed by atoms with E-state index in [0.717, 1.165) is 35.1 Å². The molecule has 0 atom stereocenters. The van der Waals surface area contributed by atoms with Gasteiger partial charge in [0.25, 0.3) is 20.2 Å². The summed E-state index contributed by atoms with van der Waals surface area (Å²) in [6.45, 7) is 2.51. The van der Waals surface area contributed by atoms with Crippen molar-refractivity contribution >= 4 is 59.4 Å². The molecule has 0 saturated carbocycles. The van der Waals surface area contributed by atoms with Crippen molar-refractivity contribution < 1.29 is 30.7 Å². The van der Waals surface area contributed by atoms with Gasteiger partial charge in [-0.25, -0.2) is 0 Å². The highest BCUT2D eigenvalue weighted by Gasteiger charge is 2.21. The van der Waals surface area contributed by atoms with Crippen molar-refractivity contribution in [3.05, 3.63) is 97.1 Å². The van der Waals surface area contributed by atoms with Crippen LogP contribution in [0.2, 0.25) is 0 Å². The molecule has 12 nitrogen and oxygen atoms in total. The highest BCUT2D eigenvalue weighted by molar-refractivity contribution is 7.86. The lowest BCUT2D eigenvalue weighted by Crippen LogP contribution is -2.04. The number of anilines is 1. The molecule has 0 radical (unpaired) electrons. The minimum absolute atomic E-state index is 0.0497.